The molecule has 0 aliphatic carbocycles. The molecule has 1 heterocycles. The Bertz CT molecular complexity index is 609. The van der Waals surface area contributed by atoms with Crippen molar-refractivity contribution in [1.82, 2.24) is 20.3 Å². The molecule has 1 N–H and O–H groups in total. The summed E-state index contributed by atoms with van der Waals surface area (Å²) in [5, 5.41) is 10.1. The second-order valence-corrected chi connectivity index (χ2v) is 5.22. The highest BCUT2D eigenvalue weighted by Crippen LogP contribution is 2.16. The van der Waals surface area contributed by atoms with Crippen molar-refractivity contribution in [2.45, 2.75) is 19.5 Å². The van der Waals surface area contributed by atoms with Gasteiger partial charge in [0.1, 0.15) is 12.2 Å². The molecule has 0 fully saturated rings. The Kier molecular flexibility index (Phi) is 4.62. The van der Waals surface area contributed by atoms with Gasteiger partial charge in [-0.2, -0.15) is 0 Å². The molecule has 1 amide bonds. The Morgan fingerprint density at radius 3 is 2.75 bits per heavy atom. The van der Waals surface area contributed by atoms with Gasteiger partial charge in [0.05, 0.1) is 12.2 Å². The zero-order valence-electron chi connectivity index (χ0n) is 10.8. The van der Waals surface area contributed by atoms with E-state index in [4.69, 9.17) is 0 Å². The number of rotatable bonds is 5. The Labute approximate surface area is 124 Å². The molecular weight excluding hydrogens is 324 g/mol. The zero-order chi connectivity index (χ0) is 14.5. The standard InChI is InChI=1S/C13H13BrN4O2/c1-9(10-2-4-11(14)5-3-10)15-13(20)7-18-6-12(8-19)16-17-18/h2-6,8-9H,7H2,1H3,(H,15,20). The van der Waals surface area contributed by atoms with E-state index < -0.39 is 0 Å². The molecule has 0 spiro atoms. The number of aldehydes is 1. The Hall–Kier alpha value is -2.02. The van der Waals surface area contributed by atoms with E-state index in [1.165, 1.54) is 10.9 Å². The molecule has 2 rings (SSSR count). The molecule has 1 aromatic heterocycles. The predicted molar refractivity (Wildman–Crippen MR) is 76.1 cm³/mol. The number of amides is 1. The van der Waals surface area contributed by atoms with Crippen molar-refractivity contribution in [1.29, 1.82) is 0 Å². The summed E-state index contributed by atoms with van der Waals surface area (Å²) in [6.45, 7) is 1.93. The molecule has 1 atom stereocenters. The largest absolute Gasteiger partial charge is 0.348 e. The van der Waals surface area contributed by atoms with Gasteiger partial charge in [0.15, 0.2) is 6.29 Å². The molecule has 0 aliphatic heterocycles. The number of aromatic nitrogens is 3. The van der Waals surface area contributed by atoms with Gasteiger partial charge >= 0.3 is 0 Å². The van der Waals surface area contributed by atoms with Gasteiger partial charge in [-0.15, -0.1) is 5.10 Å². The minimum Gasteiger partial charge on any atom is -0.348 e. The lowest BCUT2D eigenvalue weighted by Gasteiger charge is -2.14. The molecule has 6 nitrogen and oxygen atoms in total. The van der Waals surface area contributed by atoms with Crippen molar-refractivity contribution >= 4 is 28.1 Å². The van der Waals surface area contributed by atoms with Gasteiger partial charge in [-0.3, -0.25) is 9.59 Å². The van der Waals surface area contributed by atoms with E-state index in [2.05, 4.69) is 31.6 Å². The Morgan fingerprint density at radius 2 is 2.15 bits per heavy atom. The third-order valence-electron chi connectivity index (χ3n) is 2.73. The highest BCUT2D eigenvalue weighted by atomic mass is 79.9. The highest BCUT2D eigenvalue weighted by Gasteiger charge is 2.11. The fraction of sp³-hybridized carbons (Fsp3) is 0.231. The molecule has 0 saturated heterocycles. The van der Waals surface area contributed by atoms with Gasteiger partial charge in [-0.25, -0.2) is 4.68 Å². The van der Waals surface area contributed by atoms with Gasteiger partial charge in [0.25, 0.3) is 0 Å². The van der Waals surface area contributed by atoms with Crippen LogP contribution in [0.5, 0.6) is 0 Å². The number of hydrogen-bond acceptors (Lipinski definition) is 4. The maximum atomic E-state index is 11.9. The third-order valence-corrected chi connectivity index (χ3v) is 3.26. The van der Waals surface area contributed by atoms with E-state index in [-0.39, 0.29) is 24.2 Å². The normalized spacial score (nSPS) is 11.9. The third kappa shape index (κ3) is 3.74. The summed E-state index contributed by atoms with van der Waals surface area (Å²) in [6.07, 6.45) is 2.02. The number of nitrogens with one attached hydrogen (secondary N) is 1. The Morgan fingerprint density at radius 1 is 1.45 bits per heavy atom. The molecule has 0 aliphatic rings. The fourth-order valence-corrected chi connectivity index (χ4v) is 1.98. The molecule has 20 heavy (non-hydrogen) atoms. The molecule has 0 radical (unpaired) electrons. The quantitative estimate of drug-likeness (QED) is 0.843. The molecule has 1 aromatic carbocycles. The maximum Gasteiger partial charge on any atom is 0.242 e. The first-order valence-electron chi connectivity index (χ1n) is 5.98. The number of nitrogens with zero attached hydrogens (tertiary/aromatic N) is 3. The lowest BCUT2D eigenvalue weighted by Crippen LogP contribution is -2.30. The summed E-state index contributed by atoms with van der Waals surface area (Å²) in [5.41, 5.74) is 1.22. The van der Waals surface area contributed by atoms with Crippen LogP contribution >= 0.6 is 15.9 Å². The average Bonchev–Trinajstić information content (AvgIpc) is 2.86. The van der Waals surface area contributed by atoms with E-state index in [1.807, 2.05) is 31.2 Å². The average molecular weight is 337 g/mol. The zero-order valence-corrected chi connectivity index (χ0v) is 12.4. The van der Waals surface area contributed by atoms with Crippen LogP contribution in [0.1, 0.15) is 29.0 Å². The lowest BCUT2D eigenvalue weighted by atomic mass is 10.1. The number of halogens is 1. The van der Waals surface area contributed by atoms with Crippen LogP contribution < -0.4 is 5.32 Å². The molecule has 2 aromatic rings. The number of carbonyl (C=O) groups is 2. The van der Waals surface area contributed by atoms with E-state index in [0.717, 1.165) is 10.0 Å². The summed E-state index contributed by atoms with van der Waals surface area (Å²) in [6, 6.07) is 7.62. The van der Waals surface area contributed by atoms with Gasteiger partial charge < -0.3 is 5.32 Å². The minimum absolute atomic E-state index is 0.0295. The first kappa shape index (κ1) is 14.4. The van der Waals surface area contributed by atoms with Gasteiger partial charge in [0, 0.05) is 4.47 Å². The van der Waals surface area contributed by atoms with Crippen LogP contribution in [0.4, 0.5) is 0 Å². The van der Waals surface area contributed by atoms with Gasteiger partial charge in [-0.05, 0) is 24.6 Å². The second kappa shape index (κ2) is 6.42. The molecule has 1 unspecified atom stereocenters. The maximum absolute atomic E-state index is 11.9. The smallest absolute Gasteiger partial charge is 0.242 e. The SMILES string of the molecule is CC(NC(=O)Cn1cc(C=O)nn1)c1ccc(Br)cc1. The number of carbonyl (C=O) groups excluding carboxylic acids is 2. The van der Waals surface area contributed by atoms with Crippen LogP contribution in [0.25, 0.3) is 0 Å². The van der Waals surface area contributed by atoms with Crippen molar-refractivity contribution in [2.24, 2.45) is 0 Å². The molecule has 104 valence electrons. The molecular formula is C13H13BrN4O2. The summed E-state index contributed by atoms with van der Waals surface area (Å²) >= 11 is 3.36. The highest BCUT2D eigenvalue weighted by molar-refractivity contribution is 9.10. The summed E-state index contributed by atoms with van der Waals surface area (Å²) in [7, 11) is 0. The summed E-state index contributed by atoms with van der Waals surface area (Å²) in [5.74, 6) is -0.192. The second-order valence-electron chi connectivity index (χ2n) is 4.30. The predicted octanol–water partition coefficient (Wildman–Crippen LogP) is 1.73. The van der Waals surface area contributed by atoms with Gasteiger partial charge in [-0.1, -0.05) is 33.3 Å². The van der Waals surface area contributed by atoms with E-state index in [9.17, 15) is 9.59 Å². The number of hydrogen-bond donors (Lipinski definition) is 1. The Balaban J connectivity index is 1.93. The van der Waals surface area contributed by atoms with Crippen LogP contribution in [0.3, 0.4) is 0 Å². The first-order valence-corrected chi connectivity index (χ1v) is 6.78. The van der Waals surface area contributed by atoms with Gasteiger partial charge in [0.2, 0.25) is 5.91 Å². The van der Waals surface area contributed by atoms with Crippen molar-refractivity contribution in [2.75, 3.05) is 0 Å². The van der Waals surface area contributed by atoms with Crippen LogP contribution in [-0.2, 0) is 11.3 Å². The van der Waals surface area contributed by atoms with Crippen LogP contribution in [0, 0.1) is 0 Å². The molecule has 7 heteroatoms. The van der Waals surface area contributed by atoms with E-state index >= 15 is 0 Å². The van der Waals surface area contributed by atoms with Crippen molar-refractivity contribution in [3.63, 3.8) is 0 Å². The molecule has 0 saturated carbocycles. The van der Waals surface area contributed by atoms with E-state index in [1.54, 1.807) is 0 Å². The fourth-order valence-electron chi connectivity index (χ4n) is 1.71. The van der Waals surface area contributed by atoms with E-state index in [0.29, 0.717) is 6.29 Å². The lowest BCUT2D eigenvalue weighted by molar-refractivity contribution is -0.122. The van der Waals surface area contributed by atoms with Crippen LogP contribution in [-0.4, -0.2) is 27.2 Å². The molecule has 0 bridgehead atoms. The topological polar surface area (TPSA) is 76.9 Å². The number of benzene rings is 1. The van der Waals surface area contributed by atoms with Crippen LogP contribution in [0.2, 0.25) is 0 Å². The van der Waals surface area contributed by atoms with Crippen molar-refractivity contribution in [3.05, 3.63) is 46.2 Å². The minimum atomic E-state index is -0.192. The summed E-state index contributed by atoms with van der Waals surface area (Å²) < 4.78 is 2.32. The summed E-state index contributed by atoms with van der Waals surface area (Å²) in [4.78, 5) is 22.3. The first-order chi connectivity index (χ1) is 9.58. The van der Waals surface area contributed by atoms with Crippen molar-refractivity contribution in [3.8, 4) is 0 Å². The van der Waals surface area contributed by atoms with Crippen molar-refractivity contribution < 1.29 is 9.59 Å². The van der Waals surface area contributed by atoms with Crippen LogP contribution in [0.15, 0.2) is 34.9 Å². The monoisotopic (exact) mass is 336 g/mol.